The number of rotatable bonds is 4. The first-order chi connectivity index (χ1) is 13.1. The van der Waals surface area contributed by atoms with Gasteiger partial charge in [-0.05, 0) is 30.3 Å². The number of amides is 1. The van der Waals surface area contributed by atoms with Crippen LogP contribution in [0.5, 0.6) is 0 Å². The van der Waals surface area contributed by atoms with E-state index in [1.165, 1.54) is 0 Å². The second-order valence-electron chi connectivity index (χ2n) is 5.89. The van der Waals surface area contributed by atoms with Gasteiger partial charge in [-0.25, -0.2) is 4.98 Å². The summed E-state index contributed by atoms with van der Waals surface area (Å²) in [4.78, 5) is 16.9. The molecule has 2 heterocycles. The molecule has 4 rings (SSSR count). The summed E-state index contributed by atoms with van der Waals surface area (Å²) in [5, 5.41) is 9.15. The summed E-state index contributed by atoms with van der Waals surface area (Å²) in [6, 6.07) is 18.2. The quantitative estimate of drug-likeness (QED) is 0.525. The number of nitrogens with zero attached hydrogens (tertiary/aromatic N) is 3. The van der Waals surface area contributed by atoms with Crippen LogP contribution in [0.2, 0.25) is 10.0 Å². The third-order valence-corrected chi connectivity index (χ3v) is 4.86. The van der Waals surface area contributed by atoms with Gasteiger partial charge in [0.15, 0.2) is 5.69 Å². The molecule has 0 aliphatic carbocycles. The smallest absolute Gasteiger partial charge is 0.277 e. The predicted octanol–water partition coefficient (Wildman–Crippen LogP) is 5.04. The van der Waals surface area contributed by atoms with Crippen molar-refractivity contribution in [2.75, 3.05) is 5.32 Å². The molecule has 0 aliphatic rings. The average Bonchev–Trinajstić information content (AvgIpc) is 3.04. The highest BCUT2D eigenvalue weighted by Crippen LogP contribution is 2.27. The van der Waals surface area contributed by atoms with Crippen LogP contribution in [0.1, 0.15) is 16.1 Å². The number of halogens is 2. The van der Waals surface area contributed by atoms with Gasteiger partial charge in [-0.1, -0.05) is 53.5 Å². The van der Waals surface area contributed by atoms with Crippen molar-refractivity contribution in [3.8, 4) is 0 Å². The van der Waals surface area contributed by atoms with Gasteiger partial charge in [0.05, 0.1) is 12.1 Å². The molecule has 0 unspecified atom stereocenters. The number of carbonyl (C=O) groups is 1. The van der Waals surface area contributed by atoms with Crippen LogP contribution in [-0.2, 0) is 6.54 Å². The van der Waals surface area contributed by atoms with Gasteiger partial charge >= 0.3 is 0 Å². The lowest BCUT2D eigenvalue weighted by atomic mass is 10.2. The SMILES string of the molecule is O=C(Nc1ccccn1)c1nn(Cc2c(Cl)cccc2Cl)c2ccccc12. The third kappa shape index (κ3) is 3.52. The van der Waals surface area contributed by atoms with Crippen molar-refractivity contribution in [3.05, 3.63) is 88.2 Å². The Kier molecular flexibility index (Phi) is 4.79. The minimum atomic E-state index is -0.325. The summed E-state index contributed by atoms with van der Waals surface area (Å²) in [7, 11) is 0. The second kappa shape index (κ2) is 7.39. The minimum absolute atomic E-state index is 0.319. The zero-order valence-electron chi connectivity index (χ0n) is 14.1. The summed E-state index contributed by atoms with van der Waals surface area (Å²) in [6.07, 6.45) is 1.62. The molecule has 0 fully saturated rings. The van der Waals surface area contributed by atoms with Crippen molar-refractivity contribution in [1.29, 1.82) is 0 Å². The molecule has 134 valence electrons. The first kappa shape index (κ1) is 17.5. The fourth-order valence-electron chi connectivity index (χ4n) is 2.86. The van der Waals surface area contributed by atoms with E-state index in [-0.39, 0.29) is 5.91 Å². The van der Waals surface area contributed by atoms with Gasteiger partial charge in [0, 0.05) is 27.2 Å². The van der Waals surface area contributed by atoms with Crippen LogP contribution in [0, 0.1) is 0 Å². The number of aromatic nitrogens is 3. The van der Waals surface area contributed by atoms with E-state index in [1.807, 2.05) is 24.3 Å². The van der Waals surface area contributed by atoms with Gasteiger partial charge in [-0.2, -0.15) is 5.10 Å². The molecule has 0 saturated heterocycles. The molecular weight excluding hydrogens is 383 g/mol. The molecule has 0 aliphatic heterocycles. The Balaban J connectivity index is 1.74. The Bertz CT molecular complexity index is 1110. The molecule has 2 aromatic heterocycles. The zero-order chi connectivity index (χ0) is 18.8. The summed E-state index contributed by atoms with van der Waals surface area (Å²) in [6.45, 7) is 0.357. The molecule has 27 heavy (non-hydrogen) atoms. The highest BCUT2D eigenvalue weighted by atomic mass is 35.5. The largest absolute Gasteiger partial charge is 0.305 e. The highest BCUT2D eigenvalue weighted by Gasteiger charge is 2.18. The molecule has 1 N–H and O–H groups in total. The molecule has 7 heteroatoms. The topological polar surface area (TPSA) is 59.8 Å². The number of hydrogen-bond acceptors (Lipinski definition) is 3. The highest BCUT2D eigenvalue weighted by molar-refractivity contribution is 6.36. The molecule has 1 amide bonds. The number of nitrogens with one attached hydrogen (secondary N) is 1. The minimum Gasteiger partial charge on any atom is -0.305 e. The van der Waals surface area contributed by atoms with E-state index in [1.54, 1.807) is 47.3 Å². The predicted molar refractivity (Wildman–Crippen MR) is 107 cm³/mol. The van der Waals surface area contributed by atoms with Gasteiger partial charge in [-0.3, -0.25) is 9.48 Å². The van der Waals surface area contributed by atoms with Gasteiger partial charge < -0.3 is 5.32 Å². The summed E-state index contributed by atoms with van der Waals surface area (Å²) in [5.41, 5.74) is 1.89. The Labute approximate surface area is 165 Å². The third-order valence-electron chi connectivity index (χ3n) is 4.15. The lowest BCUT2D eigenvalue weighted by molar-refractivity contribution is 0.102. The average molecular weight is 397 g/mol. The monoisotopic (exact) mass is 396 g/mol. The maximum absolute atomic E-state index is 12.7. The van der Waals surface area contributed by atoms with Crippen LogP contribution >= 0.6 is 23.2 Å². The van der Waals surface area contributed by atoms with E-state index >= 15 is 0 Å². The second-order valence-corrected chi connectivity index (χ2v) is 6.71. The van der Waals surface area contributed by atoms with Crippen molar-refractivity contribution < 1.29 is 4.79 Å². The first-order valence-corrected chi connectivity index (χ1v) is 9.00. The fraction of sp³-hybridized carbons (Fsp3) is 0.0500. The number of anilines is 1. The van der Waals surface area contributed by atoms with Gasteiger partial charge in [0.1, 0.15) is 5.82 Å². The number of benzene rings is 2. The van der Waals surface area contributed by atoms with Crippen molar-refractivity contribution in [2.24, 2.45) is 0 Å². The number of fused-ring (bicyclic) bond motifs is 1. The van der Waals surface area contributed by atoms with Crippen LogP contribution in [0.25, 0.3) is 10.9 Å². The molecule has 5 nitrogen and oxygen atoms in total. The van der Waals surface area contributed by atoms with Crippen molar-refractivity contribution in [2.45, 2.75) is 6.54 Å². The molecule has 0 saturated carbocycles. The van der Waals surface area contributed by atoms with Crippen LogP contribution in [0.4, 0.5) is 5.82 Å². The van der Waals surface area contributed by atoms with Crippen LogP contribution < -0.4 is 5.32 Å². The van der Waals surface area contributed by atoms with Crippen LogP contribution in [0.15, 0.2) is 66.9 Å². The Morgan fingerprint density at radius 1 is 0.963 bits per heavy atom. The lowest BCUT2D eigenvalue weighted by Gasteiger charge is -2.08. The zero-order valence-corrected chi connectivity index (χ0v) is 15.6. The molecular formula is C20H14Cl2N4O. The van der Waals surface area contributed by atoms with Crippen molar-refractivity contribution in [3.63, 3.8) is 0 Å². The number of pyridine rings is 1. The maximum atomic E-state index is 12.7. The van der Waals surface area contributed by atoms with E-state index in [9.17, 15) is 4.79 Å². The normalized spacial score (nSPS) is 10.9. The Morgan fingerprint density at radius 3 is 2.44 bits per heavy atom. The summed E-state index contributed by atoms with van der Waals surface area (Å²) in [5.74, 6) is 0.143. The van der Waals surface area contributed by atoms with E-state index in [0.29, 0.717) is 28.1 Å². The summed E-state index contributed by atoms with van der Waals surface area (Å²) < 4.78 is 1.73. The van der Waals surface area contributed by atoms with Crippen LogP contribution in [0.3, 0.4) is 0 Å². The van der Waals surface area contributed by atoms with Crippen LogP contribution in [-0.4, -0.2) is 20.7 Å². The number of para-hydroxylation sites is 1. The Hall–Kier alpha value is -2.89. The standard InChI is InChI=1S/C20H14Cl2N4O/c21-15-7-5-8-16(22)14(15)12-26-17-9-2-1-6-13(17)19(25-26)20(27)24-18-10-3-4-11-23-18/h1-11H,12H2,(H,23,24,27). The van der Waals surface area contributed by atoms with E-state index in [2.05, 4.69) is 15.4 Å². The molecule has 0 radical (unpaired) electrons. The number of hydrogen-bond donors (Lipinski definition) is 1. The van der Waals surface area contributed by atoms with Gasteiger partial charge in [0.25, 0.3) is 5.91 Å². The molecule has 4 aromatic rings. The number of carbonyl (C=O) groups excluding carboxylic acids is 1. The lowest BCUT2D eigenvalue weighted by Crippen LogP contribution is -2.14. The van der Waals surface area contributed by atoms with Gasteiger partial charge in [0.2, 0.25) is 0 Å². The van der Waals surface area contributed by atoms with E-state index in [4.69, 9.17) is 23.2 Å². The molecule has 0 spiro atoms. The molecule has 0 bridgehead atoms. The van der Waals surface area contributed by atoms with Gasteiger partial charge in [-0.15, -0.1) is 0 Å². The Morgan fingerprint density at radius 2 is 1.70 bits per heavy atom. The van der Waals surface area contributed by atoms with E-state index < -0.39 is 0 Å². The fourth-order valence-corrected chi connectivity index (χ4v) is 3.38. The summed E-state index contributed by atoms with van der Waals surface area (Å²) >= 11 is 12.6. The molecule has 0 atom stereocenters. The van der Waals surface area contributed by atoms with Crippen molar-refractivity contribution >= 4 is 45.8 Å². The maximum Gasteiger partial charge on any atom is 0.277 e. The molecule has 2 aromatic carbocycles. The van der Waals surface area contributed by atoms with E-state index in [0.717, 1.165) is 16.5 Å². The first-order valence-electron chi connectivity index (χ1n) is 8.24. The van der Waals surface area contributed by atoms with Crippen molar-refractivity contribution in [1.82, 2.24) is 14.8 Å².